The minimum absolute atomic E-state index is 0.213. The number of hydrogen-bond acceptors (Lipinski definition) is 6. The average Bonchev–Trinajstić information content (AvgIpc) is 2.85. The fraction of sp³-hybridized carbons (Fsp3) is 0.182. The number of non-ortho nitro benzene ring substituents is 1. The van der Waals surface area contributed by atoms with Crippen LogP contribution in [0.4, 0.5) is 20.9 Å². The summed E-state index contributed by atoms with van der Waals surface area (Å²) in [6.07, 6.45) is 0. The summed E-state index contributed by atoms with van der Waals surface area (Å²) in [7, 11) is 1.77. The van der Waals surface area contributed by atoms with Gasteiger partial charge in [0.2, 0.25) is 0 Å². The molecule has 0 unspecified atom stereocenters. The zero-order chi connectivity index (χ0) is 13.8. The van der Waals surface area contributed by atoms with Crippen LogP contribution in [-0.4, -0.2) is 17.0 Å². The van der Waals surface area contributed by atoms with Gasteiger partial charge < -0.3 is 10.6 Å². The molecular formula is C11H11FN4O2S. The Balaban J connectivity index is 2.05. The average molecular weight is 282 g/mol. The van der Waals surface area contributed by atoms with E-state index in [1.807, 2.05) is 5.38 Å². The van der Waals surface area contributed by atoms with Gasteiger partial charge in [0.15, 0.2) is 10.9 Å². The summed E-state index contributed by atoms with van der Waals surface area (Å²) in [6, 6.07) is 3.49. The Morgan fingerprint density at radius 2 is 2.32 bits per heavy atom. The number of anilines is 2. The van der Waals surface area contributed by atoms with Gasteiger partial charge in [0.1, 0.15) is 0 Å². The fourth-order valence-corrected chi connectivity index (χ4v) is 2.12. The summed E-state index contributed by atoms with van der Waals surface area (Å²) < 4.78 is 13.6. The minimum Gasteiger partial charge on any atom is -0.377 e. The number of thiazole rings is 1. The lowest BCUT2D eigenvalue weighted by Crippen LogP contribution is -2.02. The zero-order valence-corrected chi connectivity index (χ0v) is 10.8. The van der Waals surface area contributed by atoms with Crippen molar-refractivity contribution in [2.24, 2.45) is 0 Å². The van der Waals surface area contributed by atoms with Gasteiger partial charge in [-0.25, -0.2) is 9.37 Å². The highest BCUT2D eigenvalue weighted by Gasteiger charge is 2.10. The van der Waals surface area contributed by atoms with Crippen LogP contribution in [0.1, 0.15) is 5.69 Å². The highest BCUT2D eigenvalue weighted by Crippen LogP contribution is 2.21. The van der Waals surface area contributed by atoms with Gasteiger partial charge in [0, 0.05) is 18.5 Å². The van der Waals surface area contributed by atoms with E-state index in [0.29, 0.717) is 6.54 Å². The maximum Gasteiger partial charge on any atom is 0.272 e. The van der Waals surface area contributed by atoms with E-state index in [9.17, 15) is 14.5 Å². The maximum absolute atomic E-state index is 13.6. The zero-order valence-electron chi connectivity index (χ0n) is 10.0. The van der Waals surface area contributed by atoms with E-state index in [4.69, 9.17) is 0 Å². The molecule has 6 nitrogen and oxygen atoms in total. The van der Waals surface area contributed by atoms with Crippen LogP contribution in [0, 0.1) is 15.9 Å². The Morgan fingerprint density at radius 3 is 2.89 bits per heavy atom. The SMILES string of the molecule is CNc1nc(CNc2ccc([N+](=O)[O-])cc2F)cs1. The Bertz CT molecular complexity index is 602. The molecular weight excluding hydrogens is 271 g/mol. The molecule has 2 N–H and O–H groups in total. The third-order valence-corrected chi connectivity index (χ3v) is 3.30. The predicted octanol–water partition coefficient (Wildman–Crippen LogP) is 2.84. The molecule has 1 aromatic carbocycles. The van der Waals surface area contributed by atoms with Crippen molar-refractivity contribution in [2.45, 2.75) is 6.54 Å². The molecule has 0 aliphatic carbocycles. The monoisotopic (exact) mass is 282 g/mol. The molecule has 0 aliphatic rings. The molecule has 0 bridgehead atoms. The first-order valence-electron chi connectivity index (χ1n) is 5.40. The first kappa shape index (κ1) is 13.2. The van der Waals surface area contributed by atoms with Gasteiger partial charge in [0.05, 0.1) is 28.9 Å². The molecule has 100 valence electrons. The molecule has 0 amide bonds. The van der Waals surface area contributed by atoms with Crippen LogP contribution >= 0.6 is 11.3 Å². The van der Waals surface area contributed by atoms with Gasteiger partial charge in [-0.05, 0) is 6.07 Å². The largest absolute Gasteiger partial charge is 0.377 e. The summed E-state index contributed by atoms with van der Waals surface area (Å²) in [5.41, 5.74) is 0.714. The standard InChI is InChI=1S/C11H11FN4O2S/c1-13-11-15-7(6-19-11)5-14-10-3-2-8(16(17)18)4-9(10)12/h2-4,6,14H,5H2,1H3,(H,13,15). The highest BCUT2D eigenvalue weighted by atomic mass is 32.1. The number of aromatic nitrogens is 1. The van der Waals surface area contributed by atoms with Crippen LogP contribution in [0.3, 0.4) is 0 Å². The van der Waals surface area contributed by atoms with E-state index in [2.05, 4.69) is 15.6 Å². The summed E-state index contributed by atoms with van der Waals surface area (Å²) in [4.78, 5) is 14.1. The van der Waals surface area contributed by atoms with Crippen molar-refractivity contribution < 1.29 is 9.31 Å². The molecule has 2 rings (SSSR count). The first-order valence-corrected chi connectivity index (χ1v) is 6.28. The molecule has 19 heavy (non-hydrogen) atoms. The Labute approximate surface area is 112 Å². The molecule has 0 radical (unpaired) electrons. The molecule has 0 fully saturated rings. The maximum atomic E-state index is 13.6. The summed E-state index contributed by atoms with van der Waals surface area (Å²) in [5.74, 6) is -0.654. The number of halogens is 1. The molecule has 0 saturated heterocycles. The normalized spacial score (nSPS) is 10.2. The molecule has 2 aromatic rings. The number of nitrogens with zero attached hydrogens (tertiary/aromatic N) is 2. The van der Waals surface area contributed by atoms with Gasteiger partial charge in [-0.1, -0.05) is 0 Å². The van der Waals surface area contributed by atoms with Gasteiger partial charge in [-0.3, -0.25) is 10.1 Å². The molecule has 0 aliphatic heterocycles. The van der Waals surface area contributed by atoms with E-state index in [1.165, 1.54) is 23.5 Å². The number of benzene rings is 1. The van der Waals surface area contributed by atoms with E-state index in [1.54, 1.807) is 7.05 Å². The predicted molar refractivity (Wildman–Crippen MR) is 72.0 cm³/mol. The third-order valence-electron chi connectivity index (χ3n) is 2.39. The van der Waals surface area contributed by atoms with E-state index < -0.39 is 10.7 Å². The van der Waals surface area contributed by atoms with Gasteiger partial charge >= 0.3 is 0 Å². The van der Waals surface area contributed by atoms with E-state index in [-0.39, 0.29) is 11.4 Å². The topological polar surface area (TPSA) is 80.1 Å². The molecule has 1 heterocycles. The number of hydrogen-bond donors (Lipinski definition) is 2. The number of rotatable bonds is 5. The van der Waals surface area contributed by atoms with Crippen LogP contribution < -0.4 is 10.6 Å². The highest BCUT2D eigenvalue weighted by molar-refractivity contribution is 7.13. The second-order valence-electron chi connectivity index (χ2n) is 3.67. The fourth-order valence-electron chi connectivity index (χ4n) is 1.45. The Hall–Kier alpha value is -2.22. The van der Waals surface area contributed by atoms with Crippen molar-refractivity contribution >= 4 is 27.8 Å². The number of nitrogens with one attached hydrogen (secondary N) is 2. The van der Waals surface area contributed by atoms with Crippen molar-refractivity contribution in [1.82, 2.24) is 4.98 Å². The lowest BCUT2D eigenvalue weighted by atomic mass is 10.2. The lowest BCUT2D eigenvalue weighted by Gasteiger charge is -2.05. The van der Waals surface area contributed by atoms with Crippen LogP contribution in [0.25, 0.3) is 0 Å². The summed E-state index contributed by atoms with van der Waals surface area (Å²) >= 11 is 1.45. The van der Waals surface area contributed by atoms with Crippen molar-refractivity contribution in [3.8, 4) is 0 Å². The van der Waals surface area contributed by atoms with Gasteiger partial charge in [0.25, 0.3) is 5.69 Å². The second kappa shape index (κ2) is 5.61. The van der Waals surface area contributed by atoms with Crippen LogP contribution in [0.15, 0.2) is 23.6 Å². The first-order chi connectivity index (χ1) is 9.10. The van der Waals surface area contributed by atoms with Gasteiger partial charge in [-0.15, -0.1) is 11.3 Å². The molecule has 0 atom stereocenters. The Morgan fingerprint density at radius 1 is 1.53 bits per heavy atom. The quantitative estimate of drug-likeness (QED) is 0.651. The minimum atomic E-state index is -0.654. The van der Waals surface area contributed by atoms with E-state index in [0.717, 1.165) is 16.9 Å². The molecule has 1 aromatic heterocycles. The second-order valence-corrected chi connectivity index (χ2v) is 4.53. The number of nitro groups is 1. The Kier molecular flexibility index (Phi) is 3.91. The summed E-state index contributed by atoms with van der Waals surface area (Å²) in [5, 5.41) is 18.9. The number of nitro benzene ring substituents is 1. The smallest absolute Gasteiger partial charge is 0.272 e. The van der Waals surface area contributed by atoms with Gasteiger partial charge in [-0.2, -0.15) is 0 Å². The lowest BCUT2D eigenvalue weighted by molar-refractivity contribution is -0.385. The molecule has 8 heteroatoms. The van der Waals surface area contributed by atoms with Crippen LogP contribution in [0.2, 0.25) is 0 Å². The van der Waals surface area contributed by atoms with Crippen LogP contribution in [0.5, 0.6) is 0 Å². The van der Waals surface area contributed by atoms with Crippen molar-refractivity contribution in [3.63, 3.8) is 0 Å². The summed E-state index contributed by atoms with van der Waals surface area (Å²) in [6.45, 7) is 0.354. The van der Waals surface area contributed by atoms with Crippen molar-refractivity contribution in [2.75, 3.05) is 17.7 Å². The molecule has 0 saturated carbocycles. The van der Waals surface area contributed by atoms with Crippen molar-refractivity contribution in [1.29, 1.82) is 0 Å². The van der Waals surface area contributed by atoms with E-state index >= 15 is 0 Å². The van der Waals surface area contributed by atoms with Crippen molar-refractivity contribution in [3.05, 3.63) is 45.2 Å². The van der Waals surface area contributed by atoms with Crippen LogP contribution in [-0.2, 0) is 6.54 Å². The third kappa shape index (κ3) is 3.16. The molecule has 0 spiro atoms.